The summed E-state index contributed by atoms with van der Waals surface area (Å²) in [5, 5.41) is 6.90. The van der Waals surface area contributed by atoms with Crippen LogP contribution in [-0.4, -0.2) is 23.1 Å². The van der Waals surface area contributed by atoms with Crippen molar-refractivity contribution in [2.24, 2.45) is 11.3 Å². The van der Waals surface area contributed by atoms with Crippen molar-refractivity contribution in [2.45, 2.75) is 52.4 Å². The Balaban J connectivity index is 1.66. The summed E-state index contributed by atoms with van der Waals surface area (Å²) in [5.74, 6) is 4.36. The van der Waals surface area contributed by atoms with Crippen LogP contribution in [0.5, 0.6) is 0 Å². The molecule has 2 N–H and O–H groups in total. The number of nitrogens with one attached hydrogen (secondary N) is 2. The molecule has 1 atom stereocenters. The van der Waals surface area contributed by atoms with Crippen molar-refractivity contribution in [3.8, 4) is 0 Å². The zero-order valence-corrected chi connectivity index (χ0v) is 12.9. The van der Waals surface area contributed by atoms with Gasteiger partial charge in [0.15, 0.2) is 0 Å². The number of aromatic nitrogens is 2. The maximum absolute atomic E-state index is 4.69. The fraction of sp³-hybridized carbons (Fsp3) is 0.750. The lowest BCUT2D eigenvalue weighted by atomic mass is 10.1. The molecular formula is C16H26N4. The van der Waals surface area contributed by atoms with E-state index in [9.17, 15) is 0 Å². The molecule has 0 amide bonds. The Morgan fingerprint density at radius 1 is 1.20 bits per heavy atom. The molecular weight excluding hydrogens is 248 g/mol. The molecule has 1 aromatic heterocycles. The molecule has 2 aliphatic carbocycles. The number of nitrogens with zero attached hydrogens (tertiary/aromatic N) is 2. The van der Waals surface area contributed by atoms with Crippen molar-refractivity contribution in [1.82, 2.24) is 9.97 Å². The molecule has 0 saturated heterocycles. The van der Waals surface area contributed by atoms with Gasteiger partial charge in [-0.25, -0.2) is 9.97 Å². The number of anilines is 2. The van der Waals surface area contributed by atoms with Gasteiger partial charge in [-0.1, -0.05) is 20.8 Å². The van der Waals surface area contributed by atoms with E-state index in [1.807, 2.05) is 0 Å². The van der Waals surface area contributed by atoms with E-state index in [-0.39, 0.29) is 0 Å². The molecule has 1 unspecified atom stereocenters. The van der Waals surface area contributed by atoms with Crippen LogP contribution in [0.4, 0.5) is 11.6 Å². The highest BCUT2D eigenvalue weighted by molar-refractivity contribution is 5.48. The predicted molar refractivity (Wildman–Crippen MR) is 83.2 cm³/mol. The van der Waals surface area contributed by atoms with Crippen LogP contribution in [0.25, 0.3) is 0 Å². The highest BCUT2D eigenvalue weighted by Gasteiger charge is 2.45. The zero-order chi connectivity index (χ0) is 14.2. The summed E-state index contributed by atoms with van der Waals surface area (Å²) >= 11 is 0. The van der Waals surface area contributed by atoms with Crippen LogP contribution in [0, 0.1) is 11.3 Å². The molecule has 2 saturated carbocycles. The van der Waals surface area contributed by atoms with Gasteiger partial charge < -0.3 is 10.6 Å². The number of rotatable bonds is 7. The molecule has 0 bridgehead atoms. The van der Waals surface area contributed by atoms with Gasteiger partial charge in [0, 0.05) is 25.1 Å². The fourth-order valence-electron chi connectivity index (χ4n) is 2.58. The van der Waals surface area contributed by atoms with Gasteiger partial charge >= 0.3 is 0 Å². The van der Waals surface area contributed by atoms with Gasteiger partial charge in [0.05, 0.1) is 0 Å². The Bertz CT molecular complexity index is 479. The van der Waals surface area contributed by atoms with Crippen LogP contribution in [0.1, 0.15) is 58.2 Å². The smallest absolute Gasteiger partial charge is 0.136 e. The standard InChI is InChI=1S/C16H26N4/c1-4-7-17-13-8-14(18-10-12-9-16(12,2)3)20-15(19-13)11-5-6-11/h8,11-12H,4-7,9-10H2,1-3H3,(H2,17,18,19,20). The summed E-state index contributed by atoms with van der Waals surface area (Å²) in [5.41, 5.74) is 0.517. The Morgan fingerprint density at radius 2 is 1.85 bits per heavy atom. The van der Waals surface area contributed by atoms with Crippen LogP contribution in [0.3, 0.4) is 0 Å². The fourth-order valence-corrected chi connectivity index (χ4v) is 2.58. The molecule has 2 fully saturated rings. The average Bonchev–Trinajstić information content (AvgIpc) is 3.31. The molecule has 0 radical (unpaired) electrons. The molecule has 2 aliphatic rings. The highest BCUT2D eigenvalue weighted by atomic mass is 15.1. The van der Waals surface area contributed by atoms with E-state index in [2.05, 4.69) is 47.4 Å². The van der Waals surface area contributed by atoms with E-state index in [4.69, 9.17) is 0 Å². The molecule has 0 aromatic carbocycles. The van der Waals surface area contributed by atoms with Crippen LogP contribution >= 0.6 is 0 Å². The minimum Gasteiger partial charge on any atom is -0.370 e. The van der Waals surface area contributed by atoms with Crippen LogP contribution < -0.4 is 10.6 Å². The third-order valence-corrected chi connectivity index (χ3v) is 4.49. The quantitative estimate of drug-likeness (QED) is 0.797. The average molecular weight is 274 g/mol. The lowest BCUT2D eigenvalue weighted by Crippen LogP contribution is -2.11. The molecule has 110 valence electrons. The van der Waals surface area contributed by atoms with Gasteiger partial charge in [-0.15, -0.1) is 0 Å². The Hall–Kier alpha value is -1.32. The maximum Gasteiger partial charge on any atom is 0.136 e. The van der Waals surface area contributed by atoms with E-state index in [0.29, 0.717) is 11.3 Å². The molecule has 4 heteroatoms. The van der Waals surface area contributed by atoms with Crippen molar-refractivity contribution < 1.29 is 0 Å². The SMILES string of the molecule is CCCNc1cc(NCC2CC2(C)C)nc(C2CC2)n1. The van der Waals surface area contributed by atoms with Crippen molar-refractivity contribution >= 4 is 11.6 Å². The monoisotopic (exact) mass is 274 g/mol. The third-order valence-electron chi connectivity index (χ3n) is 4.49. The third kappa shape index (κ3) is 3.22. The molecule has 20 heavy (non-hydrogen) atoms. The van der Waals surface area contributed by atoms with Crippen LogP contribution in [-0.2, 0) is 0 Å². The molecule has 4 nitrogen and oxygen atoms in total. The second-order valence-corrected chi connectivity index (χ2v) is 6.97. The van der Waals surface area contributed by atoms with Gasteiger partial charge in [-0.3, -0.25) is 0 Å². The topological polar surface area (TPSA) is 49.8 Å². The summed E-state index contributed by atoms with van der Waals surface area (Å²) in [6.45, 7) is 8.84. The van der Waals surface area contributed by atoms with E-state index < -0.39 is 0 Å². The first-order valence-corrected chi connectivity index (χ1v) is 7.95. The Labute approximate surface area is 121 Å². The predicted octanol–water partition coefficient (Wildman–Crippen LogP) is 3.63. The second kappa shape index (κ2) is 5.23. The zero-order valence-electron chi connectivity index (χ0n) is 12.9. The van der Waals surface area contributed by atoms with Crippen molar-refractivity contribution in [1.29, 1.82) is 0 Å². The summed E-state index contributed by atoms with van der Waals surface area (Å²) < 4.78 is 0. The Kier molecular flexibility index (Phi) is 3.57. The van der Waals surface area contributed by atoms with Gasteiger partial charge in [0.1, 0.15) is 17.5 Å². The normalized spacial score (nSPS) is 23.4. The molecule has 3 rings (SSSR count). The summed E-state index contributed by atoms with van der Waals surface area (Å²) in [4.78, 5) is 9.33. The Morgan fingerprint density at radius 3 is 2.40 bits per heavy atom. The highest BCUT2D eigenvalue weighted by Crippen LogP contribution is 2.51. The molecule has 0 spiro atoms. The van der Waals surface area contributed by atoms with Gasteiger partial charge in [0.25, 0.3) is 0 Å². The van der Waals surface area contributed by atoms with E-state index in [0.717, 1.165) is 42.9 Å². The first kappa shape index (κ1) is 13.7. The minimum atomic E-state index is 0.517. The summed E-state index contributed by atoms with van der Waals surface area (Å²) in [6.07, 6.45) is 4.92. The van der Waals surface area contributed by atoms with E-state index in [1.165, 1.54) is 19.3 Å². The number of hydrogen-bond donors (Lipinski definition) is 2. The van der Waals surface area contributed by atoms with Gasteiger partial charge in [-0.2, -0.15) is 0 Å². The molecule has 0 aliphatic heterocycles. The van der Waals surface area contributed by atoms with Crippen LogP contribution in [0.2, 0.25) is 0 Å². The van der Waals surface area contributed by atoms with Crippen molar-refractivity contribution in [2.75, 3.05) is 23.7 Å². The van der Waals surface area contributed by atoms with Gasteiger partial charge in [0.2, 0.25) is 0 Å². The first-order chi connectivity index (χ1) is 9.58. The van der Waals surface area contributed by atoms with E-state index in [1.54, 1.807) is 0 Å². The second-order valence-electron chi connectivity index (χ2n) is 6.97. The lowest BCUT2D eigenvalue weighted by Gasteiger charge is -2.11. The minimum absolute atomic E-state index is 0.517. The summed E-state index contributed by atoms with van der Waals surface area (Å²) in [7, 11) is 0. The van der Waals surface area contributed by atoms with Crippen molar-refractivity contribution in [3.05, 3.63) is 11.9 Å². The van der Waals surface area contributed by atoms with Crippen molar-refractivity contribution in [3.63, 3.8) is 0 Å². The number of hydrogen-bond acceptors (Lipinski definition) is 4. The van der Waals surface area contributed by atoms with Gasteiger partial charge in [-0.05, 0) is 37.0 Å². The summed E-state index contributed by atoms with van der Waals surface area (Å²) in [6, 6.07) is 2.05. The van der Waals surface area contributed by atoms with E-state index >= 15 is 0 Å². The molecule has 1 heterocycles. The maximum atomic E-state index is 4.69. The first-order valence-electron chi connectivity index (χ1n) is 7.95. The molecule has 1 aromatic rings. The largest absolute Gasteiger partial charge is 0.370 e. The van der Waals surface area contributed by atoms with Crippen LogP contribution in [0.15, 0.2) is 6.07 Å². The lowest BCUT2D eigenvalue weighted by molar-refractivity contribution is 0.572.